The Balaban J connectivity index is -0.000000218. The van der Waals surface area contributed by atoms with Crippen molar-refractivity contribution in [2.45, 2.75) is 103 Å². The summed E-state index contributed by atoms with van der Waals surface area (Å²) in [6, 6.07) is 0. The van der Waals surface area contributed by atoms with Crippen LogP contribution in [0.2, 0.25) is 0 Å². The third-order valence-electron chi connectivity index (χ3n) is 4.05. The summed E-state index contributed by atoms with van der Waals surface area (Å²) >= 11 is 0. The molecule has 1 nitrogen and oxygen atoms in total. The van der Waals surface area contributed by atoms with Crippen LogP contribution < -0.4 is 0 Å². The van der Waals surface area contributed by atoms with Gasteiger partial charge in [0.1, 0.15) is 0 Å². The van der Waals surface area contributed by atoms with Gasteiger partial charge in [0.05, 0.1) is 6.10 Å². The Morgan fingerprint density at radius 3 is 0.850 bits per heavy atom. The maximum atomic E-state index is 8.89. The molecule has 1 atom stereocenters. The van der Waals surface area contributed by atoms with Crippen molar-refractivity contribution in [2.24, 2.45) is 22.2 Å². The first kappa shape index (κ1) is 24.9. The minimum Gasteiger partial charge on any atom is -0.393 e. The van der Waals surface area contributed by atoms with E-state index in [9.17, 15) is 0 Å². The second kappa shape index (κ2) is 9.82. The molecule has 0 aliphatic heterocycles. The molecule has 0 aromatic rings. The molecular formula is C19H44O. The van der Waals surface area contributed by atoms with E-state index in [1.54, 1.807) is 6.92 Å². The topological polar surface area (TPSA) is 20.2 Å². The molecule has 0 rings (SSSR count). The van der Waals surface area contributed by atoms with Gasteiger partial charge in [0, 0.05) is 0 Å². The third kappa shape index (κ3) is 23.1. The first-order chi connectivity index (χ1) is 8.45. The van der Waals surface area contributed by atoms with Gasteiger partial charge in [0.15, 0.2) is 0 Å². The highest BCUT2D eigenvalue weighted by Crippen LogP contribution is 2.23. The second-order valence-corrected chi connectivity index (χ2v) is 9.48. The number of aliphatic hydroxyl groups is 1. The van der Waals surface area contributed by atoms with Gasteiger partial charge in [0.2, 0.25) is 0 Å². The predicted molar refractivity (Wildman–Crippen MR) is 95.2 cm³/mol. The van der Waals surface area contributed by atoms with Crippen LogP contribution in [0.1, 0.15) is 96.4 Å². The number of rotatable bonds is 0. The van der Waals surface area contributed by atoms with Crippen molar-refractivity contribution in [3.63, 3.8) is 0 Å². The van der Waals surface area contributed by atoms with Gasteiger partial charge in [-0.3, -0.25) is 0 Å². The molecule has 0 aromatic carbocycles. The average molecular weight is 289 g/mol. The van der Waals surface area contributed by atoms with Crippen LogP contribution in [-0.2, 0) is 0 Å². The molecule has 0 bridgehead atoms. The van der Waals surface area contributed by atoms with Crippen LogP contribution in [0.4, 0.5) is 0 Å². The quantitative estimate of drug-likeness (QED) is 0.536. The summed E-state index contributed by atoms with van der Waals surface area (Å²) in [6.45, 7) is 28.1. The molecule has 0 spiro atoms. The Hall–Kier alpha value is -0.0400. The average Bonchev–Trinajstić information content (AvgIpc) is 2.15. The molecule has 1 heteroatoms. The minimum absolute atomic E-state index is 0.0556. The largest absolute Gasteiger partial charge is 0.393 e. The Labute approximate surface area is 130 Å². The van der Waals surface area contributed by atoms with Gasteiger partial charge in [-0.05, 0) is 29.1 Å². The first-order valence-corrected chi connectivity index (χ1v) is 8.13. The smallest absolute Gasteiger partial charge is 0.0560 e. The molecule has 0 aliphatic carbocycles. The molecule has 20 heavy (non-hydrogen) atoms. The van der Waals surface area contributed by atoms with E-state index in [1.807, 2.05) is 20.8 Å². The molecule has 0 aliphatic rings. The Kier molecular flexibility index (Phi) is 12.2. The fourth-order valence-electron chi connectivity index (χ4n) is 0. The van der Waals surface area contributed by atoms with Crippen LogP contribution in [0.25, 0.3) is 0 Å². The molecule has 0 aromatic heterocycles. The molecule has 0 radical (unpaired) electrons. The predicted octanol–water partition coefficient (Wildman–Crippen LogP) is 6.54. The number of aliphatic hydroxyl groups excluding tert-OH is 1. The van der Waals surface area contributed by atoms with Gasteiger partial charge in [-0.1, -0.05) is 89.5 Å². The number of hydrogen-bond donors (Lipinski definition) is 1. The van der Waals surface area contributed by atoms with Crippen molar-refractivity contribution in [2.75, 3.05) is 0 Å². The Morgan fingerprint density at radius 2 is 0.850 bits per heavy atom. The number of hydrogen-bond acceptors (Lipinski definition) is 1. The zero-order valence-corrected chi connectivity index (χ0v) is 16.8. The van der Waals surface area contributed by atoms with Crippen LogP contribution in [0.5, 0.6) is 0 Å². The van der Waals surface area contributed by atoms with Gasteiger partial charge < -0.3 is 5.11 Å². The normalized spacial score (nSPS) is 13.9. The molecule has 0 saturated heterocycles. The van der Waals surface area contributed by atoms with Crippen molar-refractivity contribution in [1.29, 1.82) is 0 Å². The van der Waals surface area contributed by atoms with E-state index in [4.69, 9.17) is 5.11 Å². The minimum atomic E-state index is -0.201. The maximum absolute atomic E-state index is 8.89. The van der Waals surface area contributed by atoms with Crippen molar-refractivity contribution in [3.05, 3.63) is 0 Å². The van der Waals surface area contributed by atoms with Crippen molar-refractivity contribution >= 4 is 0 Å². The van der Waals surface area contributed by atoms with Crippen molar-refractivity contribution < 1.29 is 5.11 Å². The molecule has 0 amide bonds. The van der Waals surface area contributed by atoms with Gasteiger partial charge in [-0.2, -0.15) is 0 Å². The lowest BCUT2D eigenvalue weighted by Gasteiger charge is -2.22. The highest BCUT2D eigenvalue weighted by molar-refractivity contribution is 4.66. The summed E-state index contributed by atoms with van der Waals surface area (Å²) in [5, 5.41) is 8.89. The summed E-state index contributed by atoms with van der Waals surface area (Å²) in [4.78, 5) is 0. The standard InChI is InChI=1S/C7H16.C6H14O.C6H14/c1-6(2)7(3,4)5;1-5(7)6(2,3)4;1-5-6(2,3)4/h6H,1-5H3;5,7H,1-4H3;5H2,1-4H3. The summed E-state index contributed by atoms with van der Waals surface area (Å²) < 4.78 is 0. The zero-order valence-electron chi connectivity index (χ0n) is 16.8. The van der Waals surface area contributed by atoms with Crippen LogP contribution in [0.3, 0.4) is 0 Å². The van der Waals surface area contributed by atoms with Gasteiger partial charge in [0.25, 0.3) is 0 Å². The van der Waals surface area contributed by atoms with Crippen molar-refractivity contribution in [3.8, 4) is 0 Å². The SMILES string of the molecule is CC(C)C(C)(C)C.CC(O)C(C)(C)C.CCC(C)(C)C. The molecular weight excluding hydrogens is 244 g/mol. The third-order valence-corrected chi connectivity index (χ3v) is 4.05. The van der Waals surface area contributed by atoms with Crippen molar-refractivity contribution in [1.82, 2.24) is 0 Å². The van der Waals surface area contributed by atoms with Gasteiger partial charge in [-0.15, -0.1) is 0 Å². The lowest BCUT2D eigenvalue weighted by Crippen LogP contribution is -2.21. The van der Waals surface area contributed by atoms with Crippen LogP contribution in [0.15, 0.2) is 0 Å². The zero-order chi connectivity index (χ0) is 17.4. The monoisotopic (exact) mass is 288 g/mol. The summed E-state index contributed by atoms with van der Waals surface area (Å²) in [5.74, 6) is 0.799. The van der Waals surface area contributed by atoms with Crippen LogP contribution in [0, 0.1) is 22.2 Å². The fraction of sp³-hybridized carbons (Fsp3) is 1.00. The summed E-state index contributed by atoms with van der Waals surface area (Å²) in [6.07, 6.45) is 1.07. The molecule has 0 saturated carbocycles. The summed E-state index contributed by atoms with van der Waals surface area (Å²) in [5.41, 5.74) is 1.10. The van der Waals surface area contributed by atoms with E-state index in [0.717, 1.165) is 5.92 Å². The van der Waals surface area contributed by atoms with E-state index in [2.05, 4.69) is 62.3 Å². The fourth-order valence-corrected chi connectivity index (χ4v) is 0. The molecule has 1 N–H and O–H groups in total. The van der Waals surface area contributed by atoms with Gasteiger partial charge >= 0.3 is 0 Å². The summed E-state index contributed by atoms with van der Waals surface area (Å²) in [7, 11) is 0. The second-order valence-electron chi connectivity index (χ2n) is 9.48. The lowest BCUT2D eigenvalue weighted by molar-refractivity contribution is 0.0801. The van der Waals surface area contributed by atoms with E-state index >= 15 is 0 Å². The molecule has 0 fully saturated rings. The Bertz CT molecular complexity index is 187. The highest BCUT2D eigenvalue weighted by atomic mass is 16.3. The van der Waals surface area contributed by atoms with E-state index < -0.39 is 0 Å². The van der Waals surface area contributed by atoms with Crippen LogP contribution >= 0.6 is 0 Å². The van der Waals surface area contributed by atoms with Gasteiger partial charge in [-0.25, -0.2) is 0 Å². The molecule has 126 valence electrons. The molecule has 0 heterocycles. The van der Waals surface area contributed by atoms with E-state index in [-0.39, 0.29) is 11.5 Å². The Morgan fingerprint density at radius 1 is 0.700 bits per heavy atom. The van der Waals surface area contributed by atoms with E-state index in [0.29, 0.717) is 10.8 Å². The highest BCUT2D eigenvalue weighted by Gasteiger charge is 2.15. The lowest BCUT2D eigenvalue weighted by atomic mass is 9.84. The van der Waals surface area contributed by atoms with E-state index in [1.165, 1.54) is 6.42 Å². The van der Waals surface area contributed by atoms with Crippen LogP contribution in [-0.4, -0.2) is 11.2 Å². The molecule has 1 unspecified atom stereocenters. The first-order valence-electron chi connectivity index (χ1n) is 8.13. The maximum Gasteiger partial charge on any atom is 0.0560 e.